The number of esters is 1. The van der Waals surface area contributed by atoms with E-state index in [1.807, 2.05) is 6.92 Å². The van der Waals surface area contributed by atoms with Gasteiger partial charge in [-0.1, -0.05) is 12.1 Å². The molecular weight excluding hydrogens is 302 g/mol. The Labute approximate surface area is 132 Å². The topological polar surface area (TPSA) is 106 Å². The Morgan fingerprint density at radius 1 is 1.26 bits per heavy atom. The SMILES string of the molecule is CCOc1ccccc1NC(=O)COC(=O)C1=CCC(=O)NN1. The van der Waals surface area contributed by atoms with Gasteiger partial charge in [0.2, 0.25) is 5.91 Å². The van der Waals surface area contributed by atoms with Crippen LogP contribution >= 0.6 is 0 Å². The highest BCUT2D eigenvalue weighted by atomic mass is 16.5. The van der Waals surface area contributed by atoms with E-state index in [2.05, 4.69) is 16.2 Å². The molecule has 1 aliphatic heterocycles. The van der Waals surface area contributed by atoms with Crippen LogP contribution in [0.15, 0.2) is 36.0 Å². The molecule has 2 rings (SSSR count). The van der Waals surface area contributed by atoms with Gasteiger partial charge in [-0.3, -0.25) is 20.4 Å². The van der Waals surface area contributed by atoms with Gasteiger partial charge in [-0.2, -0.15) is 0 Å². The number of hydrogen-bond acceptors (Lipinski definition) is 6. The van der Waals surface area contributed by atoms with Crippen molar-refractivity contribution in [3.63, 3.8) is 0 Å². The third-order valence-corrected chi connectivity index (χ3v) is 2.84. The number of rotatable bonds is 6. The zero-order valence-electron chi connectivity index (χ0n) is 12.5. The second-order valence-electron chi connectivity index (χ2n) is 4.55. The largest absolute Gasteiger partial charge is 0.492 e. The van der Waals surface area contributed by atoms with E-state index in [4.69, 9.17) is 9.47 Å². The molecule has 3 N–H and O–H groups in total. The van der Waals surface area contributed by atoms with E-state index in [1.165, 1.54) is 6.08 Å². The maximum atomic E-state index is 11.9. The average molecular weight is 319 g/mol. The van der Waals surface area contributed by atoms with Crippen molar-refractivity contribution in [2.24, 2.45) is 0 Å². The van der Waals surface area contributed by atoms with Crippen LogP contribution < -0.4 is 20.9 Å². The zero-order valence-corrected chi connectivity index (χ0v) is 12.5. The highest BCUT2D eigenvalue weighted by molar-refractivity contribution is 5.96. The third-order valence-electron chi connectivity index (χ3n) is 2.84. The zero-order chi connectivity index (χ0) is 16.7. The first-order valence-corrected chi connectivity index (χ1v) is 7.04. The maximum absolute atomic E-state index is 11.9. The molecular formula is C15H17N3O5. The number of carbonyl (C=O) groups excluding carboxylic acids is 3. The van der Waals surface area contributed by atoms with E-state index in [0.29, 0.717) is 18.0 Å². The predicted molar refractivity (Wildman–Crippen MR) is 81.2 cm³/mol. The van der Waals surface area contributed by atoms with E-state index < -0.39 is 18.5 Å². The van der Waals surface area contributed by atoms with Gasteiger partial charge in [0.25, 0.3) is 5.91 Å². The van der Waals surface area contributed by atoms with Gasteiger partial charge < -0.3 is 14.8 Å². The van der Waals surface area contributed by atoms with E-state index in [1.54, 1.807) is 24.3 Å². The molecule has 122 valence electrons. The fraction of sp³-hybridized carbons (Fsp3) is 0.267. The summed E-state index contributed by atoms with van der Waals surface area (Å²) in [6.45, 7) is 1.85. The summed E-state index contributed by atoms with van der Waals surface area (Å²) in [5.41, 5.74) is 5.28. The maximum Gasteiger partial charge on any atom is 0.356 e. The molecule has 0 saturated heterocycles. The summed E-state index contributed by atoms with van der Waals surface area (Å²) in [4.78, 5) is 34.5. The van der Waals surface area contributed by atoms with Crippen LogP contribution in [0.2, 0.25) is 0 Å². The van der Waals surface area contributed by atoms with Crippen molar-refractivity contribution in [3.8, 4) is 5.75 Å². The second kappa shape index (κ2) is 7.83. The number of ether oxygens (including phenoxy) is 2. The molecule has 0 unspecified atom stereocenters. The Hall–Kier alpha value is -3.03. The number of carbonyl (C=O) groups is 3. The van der Waals surface area contributed by atoms with Gasteiger partial charge in [-0.25, -0.2) is 4.79 Å². The summed E-state index contributed by atoms with van der Waals surface area (Å²) in [5, 5.41) is 2.61. The molecule has 0 radical (unpaired) electrons. The number of nitrogens with one attached hydrogen (secondary N) is 3. The van der Waals surface area contributed by atoms with Crippen molar-refractivity contribution in [3.05, 3.63) is 36.0 Å². The van der Waals surface area contributed by atoms with Gasteiger partial charge in [-0.05, 0) is 25.1 Å². The van der Waals surface area contributed by atoms with Gasteiger partial charge >= 0.3 is 5.97 Å². The van der Waals surface area contributed by atoms with Gasteiger partial charge in [0.1, 0.15) is 11.4 Å². The normalized spacial score (nSPS) is 13.3. The predicted octanol–water partition coefficient (Wildman–Crippen LogP) is 0.475. The highest BCUT2D eigenvalue weighted by Gasteiger charge is 2.18. The van der Waals surface area contributed by atoms with Crippen molar-refractivity contribution >= 4 is 23.5 Å². The fourth-order valence-electron chi connectivity index (χ4n) is 1.81. The molecule has 8 nitrogen and oxygen atoms in total. The lowest BCUT2D eigenvalue weighted by atomic mass is 10.3. The molecule has 0 fully saturated rings. The summed E-state index contributed by atoms with van der Waals surface area (Å²) in [6, 6.07) is 6.95. The number of anilines is 1. The summed E-state index contributed by atoms with van der Waals surface area (Å²) in [6.07, 6.45) is 1.47. The summed E-state index contributed by atoms with van der Waals surface area (Å²) in [5.74, 6) is -0.940. The Morgan fingerprint density at radius 2 is 2.04 bits per heavy atom. The molecule has 0 atom stereocenters. The molecule has 0 spiro atoms. The van der Waals surface area contributed by atoms with Gasteiger partial charge in [0.15, 0.2) is 6.61 Å². The van der Waals surface area contributed by atoms with Crippen molar-refractivity contribution < 1.29 is 23.9 Å². The van der Waals surface area contributed by atoms with E-state index >= 15 is 0 Å². The number of hydrogen-bond donors (Lipinski definition) is 3. The molecule has 23 heavy (non-hydrogen) atoms. The minimum atomic E-state index is -0.724. The molecule has 1 aromatic rings. The smallest absolute Gasteiger partial charge is 0.356 e. The van der Waals surface area contributed by atoms with Crippen LogP contribution in [0.25, 0.3) is 0 Å². The van der Waals surface area contributed by atoms with Crippen molar-refractivity contribution in [1.29, 1.82) is 0 Å². The number of hydrazine groups is 1. The standard InChI is InChI=1S/C15H17N3O5/c1-2-22-12-6-4-3-5-10(12)16-14(20)9-23-15(21)11-7-8-13(19)18-17-11/h3-7,17H,2,8-9H2,1H3,(H,16,20)(H,18,19). The van der Waals surface area contributed by atoms with Gasteiger partial charge in [0, 0.05) is 6.42 Å². The van der Waals surface area contributed by atoms with Crippen LogP contribution in [0.4, 0.5) is 5.69 Å². The highest BCUT2D eigenvalue weighted by Crippen LogP contribution is 2.23. The molecule has 1 aliphatic rings. The molecule has 0 aromatic heterocycles. The summed E-state index contributed by atoms with van der Waals surface area (Å²) in [7, 11) is 0. The van der Waals surface area contributed by atoms with Crippen LogP contribution in [-0.2, 0) is 19.1 Å². The number of para-hydroxylation sites is 2. The lowest BCUT2D eigenvalue weighted by Crippen LogP contribution is -2.42. The van der Waals surface area contributed by atoms with Crippen LogP contribution in [-0.4, -0.2) is 31.0 Å². The Balaban J connectivity index is 1.86. The van der Waals surface area contributed by atoms with Crippen LogP contribution in [0.3, 0.4) is 0 Å². The van der Waals surface area contributed by atoms with E-state index in [0.717, 1.165) is 0 Å². The second-order valence-corrected chi connectivity index (χ2v) is 4.55. The molecule has 0 bridgehead atoms. The van der Waals surface area contributed by atoms with E-state index in [9.17, 15) is 14.4 Å². The third kappa shape index (κ3) is 4.73. The first kappa shape index (κ1) is 16.3. The molecule has 1 aromatic carbocycles. The fourth-order valence-corrected chi connectivity index (χ4v) is 1.81. The van der Waals surface area contributed by atoms with Crippen LogP contribution in [0.1, 0.15) is 13.3 Å². The van der Waals surface area contributed by atoms with Crippen LogP contribution in [0.5, 0.6) is 5.75 Å². The summed E-state index contributed by atoms with van der Waals surface area (Å²) < 4.78 is 10.3. The quantitative estimate of drug-likeness (QED) is 0.658. The van der Waals surface area contributed by atoms with Crippen molar-refractivity contribution in [1.82, 2.24) is 10.9 Å². The molecule has 0 aliphatic carbocycles. The monoisotopic (exact) mass is 319 g/mol. The molecule has 2 amide bonds. The number of benzene rings is 1. The Bertz CT molecular complexity index is 642. The Kier molecular flexibility index (Phi) is 5.56. The van der Waals surface area contributed by atoms with Gasteiger partial charge in [-0.15, -0.1) is 0 Å². The van der Waals surface area contributed by atoms with E-state index in [-0.39, 0.29) is 18.0 Å². The molecule has 0 saturated carbocycles. The lowest BCUT2D eigenvalue weighted by molar-refractivity contribution is -0.144. The molecule has 1 heterocycles. The lowest BCUT2D eigenvalue weighted by Gasteiger charge is -2.15. The van der Waals surface area contributed by atoms with Crippen molar-refractivity contribution in [2.75, 3.05) is 18.5 Å². The average Bonchev–Trinajstić information content (AvgIpc) is 2.55. The first-order valence-electron chi connectivity index (χ1n) is 7.04. The first-order chi connectivity index (χ1) is 11.1. The number of amides is 2. The van der Waals surface area contributed by atoms with Gasteiger partial charge in [0.05, 0.1) is 12.3 Å². The minimum Gasteiger partial charge on any atom is -0.492 e. The summed E-state index contributed by atoms with van der Waals surface area (Å²) >= 11 is 0. The molecule has 8 heteroatoms. The minimum absolute atomic E-state index is 0.0748. The van der Waals surface area contributed by atoms with Crippen molar-refractivity contribution in [2.45, 2.75) is 13.3 Å². The van der Waals surface area contributed by atoms with Crippen LogP contribution in [0, 0.1) is 0 Å². The Morgan fingerprint density at radius 3 is 2.74 bits per heavy atom.